The van der Waals surface area contributed by atoms with E-state index >= 15 is 0 Å². The Hall–Kier alpha value is -2.75. The molecule has 21 heavy (non-hydrogen) atoms. The number of para-hydroxylation sites is 1. The maximum absolute atomic E-state index is 6.00. The number of methoxy groups -OCH3 is 1. The largest absolute Gasteiger partial charge is 0.496 e. The number of nitrogen functional groups attached to an aromatic ring is 1. The summed E-state index contributed by atoms with van der Waals surface area (Å²) >= 11 is 0. The first kappa shape index (κ1) is 13.2. The van der Waals surface area contributed by atoms with Crippen molar-refractivity contribution in [3.05, 3.63) is 54.1 Å². The Kier molecular flexibility index (Phi) is 3.36. The van der Waals surface area contributed by atoms with Crippen LogP contribution in [0.1, 0.15) is 5.56 Å². The highest BCUT2D eigenvalue weighted by Crippen LogP contribution is 2.40. The molecule has 0 aliphatic heterocycles. The zero-order chi connectivity index (χ0) is 14.8. The van der Waals surface area contributed by atoms with E-state index in [0.717, 1.165) is 22.4 Å². The Morgan fingerprint density at radius 2 is 1.76 bits per heavy atom. The van der Waals surface area contributed by atoms with Gasteiger partial charge in [0, 0.05) is 11.1 Å². The maximum Gasteiger partial charge on any atom is 0.177 e. The molecule has 0 aliphatic rings. The molecular weight excluding hydrogens is 264 g/mol. The summed E-state index contributed by atoms with van der Waals surface area (Å²) in [6, 6.07) is 15.7. The lowest BCUT2D eigenvalue weighted by Crippen LogP contribution is -1.92. The van der Waals surface area contributed by atoms with Crippen molar-refractivity contribution in [3.8, 4) is 28.2 Å². The zero-order valence-electron chi connectivity index (χ0n) is 12.0. The predicted octanol–water partition coefficient (Wildman–Crippen LogP) is 3.91. The topological polar surface area (TPSA) is 61.3 Å². The third-order valence-electron chi connectivity index (χ3n) is 3.41. The summed E-state index contributed by atoms with van der Waals surface area (Å²) in [4.78, 5) is 0. The molecule has 0 atom stereocenters. The van der Waals surface area contributed by atoms with Crippen LogP contribution in [0.15, 0.2) is 53.1 Å². The molecule has 0 unspecified atom stereocenters. The second-order valence-corrected chi connectivity index (χ2v) is 4.84. The fourth-order valence-corrected chi connectivity index (χ4v) is 2.32. The summed E-state index contributed by atoms with van der Waals surface area (Å²) in [7, 11) is 1.63. The average Bonchev–Trinajstić information content (AvgIpc) is 2.89. The molecule has 0 saturated carbocycles. The van der Waals surface area contributed by atoms with Crippen LogP contribution in [0.3, 0.4) is 0 Å². The average molecular weight is 280 g/mol. The Bertz CT molecular complexity index is 761. The summed E-state index contributed by atoms with van der Waals surface area (Å²) in [5.74, 6) is 1.74. The van der Waals surface area contributed by atoms with Gasteiger partial charge in [-0.25, -0.2) is 0 Å². The Morgan fingerprint density at radius 1 is 1.05 bits per heavy atom. The number of rotatable bonds is 3. The maximum atomic E-state index is 6.00. The number of nitrogens with zero attached hydrogens (tertiary/aromatic N) is 1. The highest BCUT2D eigenvalue weighted by molar-refractivity contribution is 5.89. The first-order chi connectivity index (χ1) is 10.2. The number of anilines is 1. The highest BCUT2D eigenvalue weighted by Gasteiger charge is 2.20. The summed E-state index contributed by atoms with van der Waals surface area (Å²) in [6.45, 7) is 2.04. The van der Waals surface area contributed by atoms with Gasteiger partial charge in [0.15, 0.2) is 11.6 Å². The molecule has 2 aromatic carbocycles. The Balaban J connectivity index is 2.20. The van der Waals surface area contributed by atoms with Crippen LogP contribution in [0.4, 0.5) is 5.82 Å². The molecule has 3 rings (SSSR count). The lowest BCUT2D eigenvalue weighted by atomic mass is 10.00. The minimum atomic E-state index is 0.357. The van der Waals surface area contributed by atoms with E-state index in [9.17, 15) is 0 Å². The third-order valence-corrected chi connectivity index (χ3v) is 3.41. The Labute approximate surface area is 123 Å². The van der Waals surface area contributed by atoms with E-state index < -0.39 is 0 Å². The Morgan fingerprint density at radius 3 is 2.48 bits per heavy atom. The molecule has 4 nitrogen and oxygen atoms in total. The fourth-order valence-electron chi connectivity index (χ4n) is 2.32. The van der Waals surface area contributed by atoms with Gasteiger partial charge in [-0.3, -0.25) is 0 Å². The summed E-state index contributed by atoms with van der Waals surface area (Å²) in [5, 5.41) is 3.91. The van der Waals surface area contributed by atoms with Gasteiger partial charge in [-0.1, -0.05) is 53.2 Å². The molecule has 0 bridgehead atoms. The first-order valence-electron chi connectivity index (χ1n) is 6.66. The normalized spacial score (nSPS) is 10.6. The highest BCUT2D eigenvalue weighted by atomic mass is 16.5. The number of nitrogens with two attached hydrogens (primary N) is 1. The number of aryl methyl sites for hydroxylation is 1. The van der Waals surface area contributed by atoms with Crippen molar-refractivity contribution in [2.24, 2.45) is 0 Å². The van der Waals surface area contributed by atoms with Gasteiger partial charge in [0.25, 0.3) is 0 Å². The molecular formula is C17H16N2O2. The van der Waals surface area contributed by atoms with Gasteiger partial charge >= 0.3 is 0 Å². The van der Waals surface area contributed by atoms with Crippen LogP contribution in [0.2, 0.25) is 0 Å². The van der Waals surface area contributed by atoms with Crippen LogP contribution < -0.4 is 10.5 Å². The summed E-state index contributed by atoms with van der Waals surface area (Å²) in [6.07, 6.45) is 0. The van der Waals surface area contributed by atoms with Crippen molar-refractivity contribution in [2.45, 2.75) is 6.92 Å². The molecule has 0 amide bonds. The van der Waals surface area contributed by atoms with Gasteiger partial charge in [-0.05, 0) is 13.0 Å². The lowest BCUT2D eigenvalue weighted by Gasteiger charge is -2.08. The predicted molar refractivity (Wildman–Crippen MR) is 83.1 cm³/mol. The van der Waals surface area contributed by atoms with Gasteiger partial charge < -0.3 is 15.0 Å². The number of hydrogen-bond acceptors (Lipinski definition) is 4. The smallest absolute Gasteiger partial charge is 0.177 e. The standard InChI is InChI=1S/C17H16N2O2/c1-11-7-9-12(10-8-11)16-15(17(18)19-21-16)13-5-3-4-6-14(13)20-2/h3-10H,1-2H3,(H2,18,19). The molecule has 2 N–H and O–H groups in total. The third kappa shape index (κ3) is 2.36. The fraction of sp³-hybridized carbons (Fsp3) is 0.118. The van der Waals surface area contributed by atoms with Crippen LogP contribution in [0.5, 0.6) is 5.75 Å². The van der Waals surface area contributed by atoms with E-state index in [0.29, 0.717) is 11.6 Å². The van der Waals surface area contributed by atoms with Crippen molar-refractivity contribution >= 4 is 5.82 Å². The van der Waals surface area contributed by atoms with Crippen LogP contribution in [0.25, 0.3) is 22.5 Å². The quantitative estimate of drug-likeness (QED) is 0.790. The molecule has 0 radical (unpaired) electrons. The van der Waals surface area contributed by atoms with Crippen molar-refractivity contribution in [1.29, 1.82) is 0 Å². The molecule has 0 fully saturated rings. The van der Waals surface area contributed by atoms with Gasteiger partial charge in [0.1, 0.15) is 5.75 Å². The molecule has 0 saturated heterocycles. The van der Waals surface area contributed by atoms with E-state index in [1.165, 1.54) is 5.56 Å². The van der Waals surface area contributed by atoms with Crippen LogP contribution >= 0.6 is 0 Å². The van der Waals surface area contributed by atoms with E-state index in [1.54, 1.807) is 7.11 Å². The minimum absolute atomic E-state index is 0.357. The van der Waals surface area contributed by atoms with E-state index in [2.05, 4.69) is 5.16 Å². The number of ether oxygens (including phenoxy) is 1. The number of hydrogen-bond donors (Lipinski definition) is 1. The molecule has 3 aromatic rings. The first-order valence-corrected chi connectivity index (χ1v) is 6.66. The lowest BCUT2D eigenvalue weighted by molar-refractivity contribution is 0.416. The van der Waals surface area contributed by atoms with Crippen molar-refractivity contribution < 1.29 is 9.26 Å². The monoisotopic (exact) mass is 280 g/mol. The minimum Gasteiger partial charge on any atom is -0.496 e. The molecule has 0 aliphatic carbocycles. The second-order valence-electron chi connectivity index (χ2n) is 4.84. The molecule has 4 heteroatoms. The van der Waals surface area contributed by atoms with Gasteiger partial charge in [-0.2, -0.15) is 0 Å². The summed E-state index contributed by atoms with van der Waals surface area (Å²) in [5.41, 5.74) is 9.76. The second kappa shape index (κ2) is 5.32. The molecule has 1 aromatic heterocycles. The summed E-state index contributed by atoms with van der Waals surface area (Å²) < 4.78 is 10.9. The molecule has 106 valence electrons. The number of benzene rings is 2. The van der Waals surface area contributed by atoms with Gasteiger partial charge in [0.05, 0.1) is 12.7 Å². The van der Waals surface area contributed by atoms with Crippen LogP contribution in [-0.4, -0.2) is 12.3 Å². The molecule has 0 spiro atoms. The zero-order valence-corrected chi connectivity index (χ0v) is 12.0. The molecule has 1 heterocycles. The van der Waals surface area contributed by atoms with E-state index in [1.807, 2.05) is 55.5 Å². The van der Waals surface area contributed by atoms with E-state index in [4.69, 9.17) is 15.0 Å². The van der Waals surface area contributed by atoms with Gasteiger partial charge in [-0.15, -0.1) is 0 Å². The number of aromatic nitrogens is 1. The van der Waals surface area contributed by atoms with Gasteiger partial charge in [0.2, 0.25) is 0 Å². The van der Waals surface area contributed by atoms with E-state index in [-0.39, 0.29) is 0 Å². The van der Waals surface area contributed by atoms with Crippen molar-refractivity contribution in [1.82, 2.24) is 5.16 Å². The SMILES string of the molecule is COc1ccccc1-c1c(N)noc1-c1ccc(C)cc1. The van der Waals surface area contributed by atoms with Crippen molar-refractivity contribution in [2.75, 3.05) is 12.8 Å². The van der Waals surface area contributed by atoms with Crippen LogP contribution in [-0.2, 0) is 0 Å². The van der Waals surface area contributed by atoms with Crippen molar-refractivity contribution in [3.63, 3.8) is 0 Å². The van der Waals surface area contributed by atoms with Crippen LogP contribution in [0, 0.1) is 6.92 Å².